The standard InChI is InChI=1S/C18H15FN4O2/c1-11(13-2-3-16(24)15(19)8-13)23-18(25)14-9-21-17(22-10-14)12-4-6-20-7-5-12/h2-11,24H,1H3,(H,23,25). The molecule has 0 radical (unpaired) electrons. The van der Waals surface area contributed by atoms with Gasteiger partial charge in [0.05, 0.1) is 11.6 Å². The van der Waals surface area contributed by atoms with Crippen molar-refractivity contribution in [1.29, 1.82) is 0 Å². The summed E-state index contributed by atoms with van der Waals surface area (Å²) in [6, 6.07) is 7.09. The highest BCUT2D eigenvalue weighted by molar-refractivity contribution is 5.94. The van der Waals surface area contributed by atoms with E-state index < -0.39 is 17.6 Å². The molecule has 3 rings (SSSR count). The Labute approximate surface area is 143 Å². The molecule has 2 heterocycles. The number of carbonyl (C=O) groups excluding carboxylic acids is 1. The first-order valence-corrected chi connectivity index (χ1v) is 7.56. The second-order valence-corrected chi connectivity index (χ2v) is 5.44. The predicted octanol–water partition coefficient (Wildman–Crippen LogP) is 2.87. The van der Waals surface area contributed by atoms with Gasteiger partial charge in [0.1, 0.15) is 0 Å². The van der Waals surface area contributed by atoms with Crippen LogP contribution in [0.3, 0.4) is 0 Å². The molecule has 0 spiro atoms. The molecule has 0 saturated heterocycles. The Morgan fingerprint density at radius 1 is 1.16 bits per heavy atom. The zero-order valence-electron chi connectivity index (χ0n) is 13.3. The van der Waals surface area contributed by atoms with Crippen LogP contribution in [-0.2, 0) is 0 Å². The summed E-state index contributed by atoms with van der Waals surface area (Å²) in [5.74, 6) is -1.04. The van der Waals surface area contributed by atoms with Gasteiger partial charge in [-0.05, 0) is 36.8 Å². The van der Waals surface area contributed by atoms with E-state index in [9.17, 15) is 14.3 Å². The summed E-state index contributed by atoms with van der Waals surface area (Å²) in [6.45, 7) is 1.72. The molecule has 25 heavy (non-hydrogen) atoms. The first-order chi connectivity index (χ1) is 12.0. The summed E-state index contributed by atoms with van der Waals surface area (Å²) in [5.41, 5.74) is 1.64. The predicted molar refractivity (Wildman–Crippen MR) is 89.2 cm³/mol. The number of benzene rings is 1. The van der Waals surface area contributed by atoms with E-state index in [0.717, 1.165) is 5.56 Å². The molecule has 0 saturated carbocycles. The number of rotatable bonds is 4. The van der Waals surface area contributed by atoms with E-state index in [4.69, 9.17) is 0 Å². The third kappa shape index (κ3) is 3.77. The Hall–Kier alpha value is -3.35. The second-order valence-electron chi connectivity index (χ2n) is 5.44. The van der Waals surface area contributed by atoms with Crippen molar-refractivity contribution in [1.82, 2.24) is 20.3 Å². The van der Waals surface area contributed by atoms with Gasteiger partial charge >= 0.3 is 0 Å². The van der Waals surface area contributed by atoms with Gasteiger partial charge in [0, 0.05) is 30.4 Å². The number of hydrogen-bond donors (Lipinski definition) is 2. The number of pyridine rings is 1. The number of nitrogens with one attached hydrogen (secondary N) is 1. The van der Waals surface area contributed by atoms with E-state index in [1.54, 1.807) is 37.5 Å². The molecule has 6 nitrogen and oxygen atoms in total. The van der Waals surface area contributed by atoms with Crippen molar-refractivity contribution in [3.63, 3.8) is 0 Å². The van der Waals surface area contributed by atoms with Gasteiger partial charge in [0.25, 0.3) is 5.91 Å². The Kier molecular flexibility index (Phi) is 4.65. The molecule has 2 N–H and O–H groups in total. The average molecular weight is 338 g/mol. The molecular formula is C18H15FN4O2. The van der Waals surface area contributed by atoms with E-state index in [1.165, 1.54) is 24.5 Å². The van der Waals surface area contributed by atoms with Crippen LogP contribution in [0.4, 0.5) is 4.39 Å². The highest BCUT2D eigenvalue weighted by Gasteiger charge is 2.14. The molecule has 1 aromatic carbocycles. The molecule has 2 aromatic heterocycles. The number of hydrogen-bond acceptors (Lipinski definition) is 5. The van der Waals surface area contributed by atoms with Crippen molar-refractivity contribution in [3.8, 4) is 17.1 Å². The third-order valence-corrected chi connectivity index (χ3v) is 3.67. The van der Waals surface area contributed by atoms with Crippen LogP contribution in [-0.4, -0.2) is 26.0 Å². The average Bonchev–Trinajstić information content (AvgIpc) is 2.64. The maximum absolute atomic E-state index is 13.4. The monoisotopic (exact) mass is 338 g/mol. The van der Waals surface area contributed by atoms with Gasteiger partial charge in [-0.1, -0.05) is 6.07 Å². The van der Waals surface area contributed by atoms with Crippen LogP contribution in [0.25, 0.3) is 11.4 Å². The number of aromatic nitrogens is 3. The fraction of sp³-hybridized carbons (Fsp3) is 0.111. The number of carbonyl (C=O) groups is 1. The Morgan fingerprint density at radius 2 is 1.84 bits per heavy atom. The van der Waals surface area contributed by atoms with Gasteiger partial charge in [0.2, 0.25) is 0 Å². The van der Waals surface area contributed by atoms with Crippen LogP contribution in [0.15, 0.2) is 55.1 Å². The minimum Gasteiger partial charge on any atom is -0.505 e. The molecule has 0 aliphatic carbocycles. The minimum atomic E-state index is -0.733. The molecule has 0 aliphatic rings. The first-order valence-electron chi connectivity index (χ1n) is 7.56. The fourth-order valence-corrected chi connectivity index (χ4v) is 2.25. The van der Waals surface area contributed by atoms with Gasteiger partial charge in [-0.25, -0.2) is 14.4 Å². The summed E-state index contributed by atoms with van der Waals surface area (Å²) >= 11 is 0. The molecule has 1 atom stereocenters. The van der Waals surface area contributed by atoms with E-state index >= 15 is 0 Å². The lowest BCUT2D eigenvalue weighted by Crippen LogP contribution is -2.27. The molecule has 0 bridgehead atoms. The quantitative estimate of drug-likeness (QED) is 0.764. The van der Waals surface area contributed by atoms with Crippen molar-refractivity contribution < 1.29 is 14.3 Å². The minimum absolute atomic E-state index is 0.295. The summed E-state index contributed by atoms with van der Waals surface area (Å²) in [4.78, 5) is 24.6. The van der Waals surface area contributed by atoms with Crippen molar-refractivity contribution >= 4 is 5.91 Å². The summed E-state index contributed by atoms with van der Waals surface area (Å²) in [6.07, 6.45) is 6.14. The van der Waals surface area contributed by atoms with Crippen LogP contribution in [0.1, 0.15) is 28.9 Å². The zero-order chi connectivity index (χ0) is 17.8. The second kappa shape index (κ2) is 7.04. The van der Waals surface area contributed by atoms with Crippen molar-refractivity contribution in [2.75, 3.05) is 0 Å². The maximum Gasteiger partial charge on any atom is 0.254 e. The lowest BCUT2D eigenvalue weighted by atomic mass is 10.1. The smallest absolute Gasteiger partial charge is 0.254 e. The van der Waals surface area contributed by atoms with Crippen LogP contribution >= 0.6 is 0 Å². The molecule has 7 heteroatoms. The number of aromatic hydroxyl groups is 1. The zero-order valence-corrected chi connectivity index (χ0v) is 13.3. The molecule has 1 amide bonds. The topological polar surface area (TPSA) is 88.0 Å². The third-order valence-electron chi connectivity index (χ3n) is 3.67. The number of nitrogens with zero attached hydrogens (tertiary/aromatic N) is 3. The SMILES string of the molecule is CC(NC(=O)c1cnc(-c2ccncc2)nc1)c1ccc(O)c(F)c1. The number of halogens is 1. The highest BCUT2D eigenvalue weighted by atomic mass is 19.1. The van der Waals surface area contributed by atoms with Crippen LogP contribution in [0, 0.1) is 5.82 Å². The van der Waals surface area contributed by atoms with Crippen LogP contribution in [0.5, 0.6) is 5.75 Å². The van der Waals surface area contributed by atoms with Gasteiger partial charge in [-0.2, -0.15) is 0 Å². The fourth-order valence-electron chi connectivity index (χ4n) is 2.25. The lowest BCUT2D eigenvalue weighted by Gasteiger charge is -2.14. The van der Waals surface area contributed by atoms with Gasteiger partial charge < -0.3 is 10.4 Å². The molecule has 3 aromatic rings. The normalized spacial score (nSPS) is 11.8. The van der Waals surface area contributed by atoms with E-state index in [1.807, 2.05) is 0 Å². The summed E-state index contributed by atoms with van der Waals surface area (Å²) < 4.78 is 13.4. The molecular weight excluding hydrogens is 323 g/mol. The van der Waals surface area contributed by atoms with E-state index in [0.29, 0.717) is 17.0 Å². The van der Waals surface area contributed by atoms with Crippen molar-refractivity contribution in [2.24, 2.45) is 0 Å². The maximum atomic E-state index is 13.4. The lowest BCUT2D eigenvalue weighted by molar-refractivity contribution is 0.0939. The Balaban J connectivity index is 1.71. The molecule has 1 unspecified atom stereocenters. The summed E-state index contributed by atoms with van der Waals surface area (Å²) in [5, 5.41) is 12.0. The first kappa shape index (κ1) is 16.5. The van der Waals surface area contributed by atoms with Crippen molar-refractivity contribution in [3.05, 3.63) is 72.1 Å². The van der Waals surface area contributed by atoms with Crippen LogP contribution < -0.4 is 5.32 Å². The largest absolute Gasteiger partial charge is 0.505 e. The molecule has 0 aliphatic heterocycles. The molecule has 126 valence electrons. The Morgan fingerprint density at radius 3 is 2.48 bits per heavy atom. The van der Waals surface area contributed by atoms with Gasteiger partial charge in [-0.15, -0.1) is 0 Å². The number of phenols is 1. The van der Waals surface area contributed by atoms with Gasteiger partial charge in [0.15, 0.2) is 17.4 Å². The van der Waals surface area contributed by atoms with E-state index in [-0.39, 0.29) is 5.91 Å². The Bertz CT molecular complexity index is 885. The summed E-state index contributed by atoms with van der Waals surface area (Å²) in [7, 11) is 0. The van der Waals surface area contributed by atoms with Gasteiger partial charge in [-0.3, -0.25) is 9.78 Å². The van der Waals surface area contributed by atoms with Crippen molar-refractivity contribution in [2.45, 2.75) is 13.0 Å². The number of amides is 1. The van der Waals surface area contributed by atoms with E-state index in [2.05, 4.69) is 20.3 Å². The van der Waals surface area contributed by atoms with Crippen LogP contribution in [0.2, 0.25) is 0 Å². The number of phenolic OH excluding ortho intramolecular Hbond substituents is 1. The molecule has 0 fully saturated rings. The highest BCUT2D eigenvalue weighted by Crippen LogP contribution is 2.21.